The Morgan fingerprint density at radius 3 is 2.63 bits per heavy atom. The fraction of sp³-hybridized carbons (Fsp3) is 0.238. The van der Waals surface area contributed by atoms with Crippen LogP contribution >= 0.6 is 24.0 Å². The summed E-state index contributed by atoms with van der Waals surface area (Å²) in [4.78, 5) is 15.2. The van der Waals surface area contributed by atoms with Crippen molar-refractivity contribution in [1.29, 1.82) is 0 Å². The molecule has 0 unspecified atom stereocenters. The number of nitrogens with zero attached hydrogens (tertiary/aromatic N) is 1. The number of ether oxygens (including phenoxy) is 2. The monoisotopic (exact) mass is 399 g/mol. The minimum atomic E-state index is -0.0984. The zero-order valence-corrected chi connectivity index (χ0v) is 17.2. The Morgan fingerprint density at radius 1 is 1.15 bits per heavy atom. The van der Waals surface area contributed by atoms with Crippen LogP contribution < -0.4 is 14.4 Å². The van der Waals surface area contributed by atoms with Gasteiger partial charge in [-0.2, -0.15) is 0 Å². The second-order valence-electron chi connectivity index (χ2n) is 5.84. The van der Waals surface area contributed by atoms with Gasteiger partial charge in [-0.1, -0.05) is 55.2 Å². The van der Waals surface area contributed by atoms with E-state index in [-0.39, 0.29) is 5.91 Å². The number of aryl methyl sites for hydroxylation is 1. The molecule has 6 heteroatoms. The molecule has 1 amide bonds. The molecule has 0 N–H and O–H groups in total. The van der Waals surface area contributed by atoms with Gasteiger partial charge in [-0.15, -0.1) is 0 Å². The van der Waals surface area contributed by atoms with Crippen molar-refractivity contribution in [3.63, 3.8) is 0 Å². The van der Waals surface area contributed by atoms with E-state index >= 15 is 0 Å². The first kappa shape index (κ1) is 19.5. The molecule has 2 aromatic carbocycles. The Kier molecular flexibility index (Phi) is 6.19. The van der Waals surface area contributed by atoms with Gasteiger partial charge in [0.15, 0.2) is 15.8 Å². The van der Waals surface area contributed by atoms with Gasteiger partial charge in [-0.3, -0.25) is 9.69 Å². The second-order valence-corrected chi connectivity index (χ2v) is 7.52. The summed E-state index contributed by atoms with van der Waals surface area (Å²) in [5.74, 6) is 1.22. The maximum absolute atomic E-state index is 13.0. The zero-order chi connectivity index (χ0) is 19.4. The lowest BCUT2D eigenvalue weighted by Crippen LogP contribution is -2.28. The fourth-order valence-electron chi connectivity index (χ4n) is 2.90. The van der Waals surface area contributed by atoms with Crippen LogP contribution in [0.3, 0.4) is 0 Å². The molecule has 0 atom stereocenters. The first-order chi connectivity index (χ1) is 13.1. The van der Waals surface area contributed by atoms with Crippen molar-refractivity contribution in [2.45, 2.75) is 20.3 Å². The molecule has 140 valence electrons. The smallest absolute Gasteiger partial charge is 0.270 e. The first-order valence-corrected chi connectivity index (χ1v) is 9.98. The van der Waals surface area contributed by atoms with Gasteiger partial charge in [-0.25, -0.2) is 0 Å². The van der Waals surface area contributed by atoms with Crippen LogP contribution in [0, 0.1) is 0 Å². The number of hydrogen-bond acceptors (Lipinski definition) is 5. The second kappa shape index (κ2) is 8.59. The fourth-order valence-corrected chi connectivity index (χ4v) is 4.19. The molecular weight excluding hydrogens is 378 g/mol. The molecule has 3 rings (SSSR count). The molecule has 0 aliphatic carbocycles. The Balaban J connectivity index is 1.93. The van der Waals surface area contributed by atoms with Crippen molar-refractivity contribution in [3.8, 4) is 11.5 Å². The maximum atomic E-state index is 13.0. The van der Waals surface area contributed by atoms with E-state index in [4.69, 9.17) is 21.7 Å². The molecule has 4 nitrogen and oxygen atoms in total. The summed E-state index contributed by atoms with van der Waals surface area (Å²) in [6.45, 7) is 4.55. The number of anilines is 1. The van der Waals surface area contributed by atoms with Crippen LogP contribution in [0.4, 0.5) is 5.69 Å². The largest absolute Gasteiger partial charge is 0.493 e. The molecule has 1 aliphatic heterocycles. The van der Waals surface area contributed by atoms with Crippen LogP contribution in [0.25, 0.3) is 6.08 Å². The maximum Gasteiger partial charge on any atom is 0.270 e. The van der Waals surface area contributed by atoms with E-state index in [0.29, 0.717) is 27.3 Å². The first-order valence-electron chi connectivity index (χ1n) is 8.75. The number of rotatable bonds is 6. The van der Waals surface area contributed by atoms with Crippen molar-refractivity contribution in [3.05, 3.63) is 58.5 Å². The average molecular weight is 400 g/mol. The predicted molar refractivity (Wildman–Crippen MR) is 116 cm³/mol. The summed E-state index contributed by atoms with van der Waals surface area (Å²) >= 11 is 6.80. The van der Waals surface area contributed by atoms with Crippen LogP contribution in [-0.2, 0) is 11.2 Å². The number of carbonyl (C=O) groups is 1. The lowest BCUT2D eigenvalue weighted by molar-refractivity contribution is -0.113. The summed E-state index contributed by atoms with van der Waals surface area (Å²) in [7, 11) is 1.60. The molecule has 0 spiro atoms. The topological polar surface area (TPSA) is 38.8 Å². The third-order valence-corrected chi connectivity index (χ3v) is 5.49. The number of benzene rings is 2. The normalized spacial score (nSPS) is 15.5. The SMILES string of the molecule is CCOc1ccc(/C=C2\SC(=S)N(c3ccccc3CC)C2=O)cc1OC. The molecule has 0 aromatic heterocycles. The number of thiocarbonyl (C=S) groups is 1. The van der Waals surface area contributed by atoms with Crippen molar-refractivity contribution >= 4 is 46.0 Å². The standard InChI is InChI=1S/C21H21NO3S2/c1-4-15-8-6-7-9-16(15)22-20(23)19(27-21(22)26)13-14-10-11-17(25-5-2)18(12-14)24-3/h6-13H,4-5H2,1-3H3/b19-13-. The number of carbonyl (C=O) groups excluding carboxylic acids is 1. The van der Waals surface area contributed by atoms with E-state index in [9.17, 15) is 4.79 Å². The number of para-hydroxylation sites is 1. The van der Waals surface area contributed by atoms with E-state index in [2.05, 4.69) is 6.92 Å². The van der Waals surface area contributed by atoms with Gasteiger partial charge in [0.2, 0.25) is 0 Å². The number of methoxy groups -OCH3 is 1. The molecule has 1 fully saturated rings. The highest BCUT2D eigenvalue weighted by atomic mass is 32.2. The molecule has 2 aromatic rings. The Morgan fingerprint density at radius 2 is 1.93 bits per heavy atom. The van der Waals surface area contributed by atoms with Gasteiger partial charge in [0.1, 0.15) is 0 Å². The van der Waals surface area contributed by atoms with Crippen LogP contribution in [0.2, 0.25) is 0 Å². The summed E-state index contributed by atoms with van der Waals surface area (Å²) in [5, 5.41) is 0. The minimum Gasteiger partial charge on any atom is -0.493 e. The number of hydrogen-bond donors (Lipinski definition) is 0. The quantitative estimate of drug-likeness (QED) is 0.501. The molecular formula is C21H21NO3S2. The predicted octanol–water partition coefficient (Wildman–Crippen LogP) is 5.06. The average Bonchev–Trinajstić information content (AvgIpc) is 2.96. The lowest BCUT2D eigenvalue weighted by Gasteiger charge is -2.18. The molecule has 0 bridgehead atoms. The highest BCUT2D eigenvalue weighted by Gasteiger charge is 2.34. The van der Waals surface area contributed by atoms with Crippen molar-refractivity contribution in [2.24, 2.45) is 0 Å². The van der Waals surface area contributed by atoms with Crippen LogP contribution in [0.1, 0.15) is 25.0 Å². The third-order valence-electron chi connectivity index (χ3n) is 4.19. The third kappa shape index (κ3) is 4.01. The van der Waals surface area contributed by atoms with E-state index in [1.54, 1.807) is 12.0 Å². The van der Waals surface area contributed by atoms with Crippen molar-refractivity contribution in [1.82, 2.24) is 0 Å². The van der Waals surface area contributed by atoms with Gasteiger partial charge in [-0.05, 0) is 48.7 Å². The van der Waals surface area contributed by atoms with E-state index < -0.39 is 0 Å². The number of amides is 1. The highest BCUT2D eigenvalue weighted by Crippen LogP contribution is 2.38. The van der Waals surface area contributed by atoms with E-state index in [1.165, 1.54) is 11.8 Å². The van der Waals surface area contributed by atoms with Gasteiger partial charge in [0.05, 0.1) is 24.3 Å². The molecule has 27 heavy (non-hydrogen) atoms. The summed E-state index contributed by atoms with van der Waals surface area (Å²) in [6.07, 6.45) is 2.68. The molecule has 1 aliphatic rings. The zero-order valence-electron chi connectivity index (χ0n) is 15.5. The Bertz CT molecular complexity index is 908. The minimum absolute atomic E-state index is 0.0984. The molecule has 1 heterocycles. The van der Waals surface area contributed by atoms with E-state index in [1.807, 2.05) is 55.5 Å². The van der Waals surface area contributed by atoms with E-state index in [0.717, 1.165) is 23.2 Å². The molecule has 0 saturated carbocycles. The molecule has 1 saturated heterocycles. The summed E-state index contributed by atoms with van der Waals surface area (Å²) in [5.41, 5.74) is 2.81. The van der Waals surface area contributed by atoms with Crippen molar-refractivity contribution in [2.75, 3.05) is 18.6 Å². The number of thioether (sulfide) groups is 1. The highest BCUT2D eigenvalue weighted by molar-refractivity contribution is 8.27. The summed E-state index contributed by atoms with van der Waals surface area (Å²) < 4.78 is 11.5. The Hall–Kier alpha value is -2.31. The molecule has 0 radical (unpaired) electrons. The Labute approximate surface area is 169 Å². The van der Waals surface area contributed by atoms with Gasteiger partial charge in [0, 0.05) is 0 Å². The van der Waals surface area contributed by atoms with Crippen LogP contribution in [0.5, 0.6) is 11.5 Å². The van der Waals surface area contributed by atoms with Gasteiger partial charge in [0.25, 0.3) is 5.91 Å². The van der Waals surface area contributed by atoms with Gasteiger partial charge >= 0.3 is 0 Å². The van der Waals surface area contributed by atoms with Gasteiger partial charge < -0.3 is 9.47 Å². The summed E-state index contributed by atoms with van der Waals surface area (Å²) in [6, 6.07) is 13.5. The lowest BCUT2D eigenvalue weighted by atomic mass is 10.1. The van der Waals surface area contributed by atoms with Crippen LogP contribution in [-0.4, -0.2) is 23.9 Å². The van der Waals surface area contributed by atoms with Crippen LogP contribution in [0.15, 0.2) is 47.4 Å². The van der Waals surface area contributed by atoms with Crippen molar-refractivity contribution < 1.29 is 14.3 Å².